The lowest BCUT2D eigenvalue weighted by Gasteiger charge is -1.97. The maximum absolute atomic E-state index is 6.61. The monoisotopic (exact) mass is 167 g/mol. The molecule has 56 valence electrons. The summed E-state index contributed by atoms with van der Waals surface area (Å²) in [5, 5.41) is 0.503. The van der Waals surface area contributed by atoms with Crippen LogP contribution >= 0.6 is 11.6 Å². The lowest BCUT2D eigenvalue weighted by molar-refractivity contribution is 1.01. The van der Waals surface area contributed by atoms with Crippen LogP contribution in [0.25, 0.3) is 4.85 Å². The SMILES string of the molecule is [C-]#[N+]Cc1ncnc(C)c1Cl. The van der Waals surface area contributed by atoms with E-state index in [1.807, 2.05) is 0 Å². The highest BCUT2D eigenvalue weighted by atomic mass is 35.5. The first-order valence-corrected chi connectivity index (χ1v) is 3.42. The number of nitrogens with zero attached hydrogens (tertiary/aromatic N) is 3. The van der Waals surface area contributed by atoms with Crippen molar-refractivity contribution in [3.63, 3.8) is 0 Å². The van der Waals surface area contributed by atoms with E-state index in [9.17, 15) is 0 Å². The molecular formula is C7H6ClN3. The summed E-state index contributed by atoms with van der Waals surface area (Å²) in [5.41, 5.74) is 1.33. The van der Waals surface area contributed by atoms with Gasteiger partial charge >= 0.3 is 0 Å². The Bertz CT molecular complexity index is 303. The normalized spacial score (nSPS) is 9.18. The van der Waals surface area contributed by atoms with Crippen LogP contribution in [0.5, 0.6) is 0 Å². The average molecular weight is 168 g/mol. The Morgan fingerprint density at radius 2 is 2.36 bits per heavy atom. The van der Waals surface area contributed by atoms with E-state index in [1.165, 1.54) is 6.33 Å². The maximum Gasteiger partial charge on any atom is 0.257 e. The molecule has 0 atom stereocenters. The van der Waals surface area contributed by atoms with Gasteiger partial charge in [-0.3, -0.25) is 0 Å². The molecule has 0 saturated heterocycles. The van der Waals surface area contributed by atoms with Crippen molar-refractivity contribution >= 4 is 11.6 Å². The number of halogens is 1. The van der Waals surface area contributed by atoms with Gasteiger partial charge in [-0.1, -0.05) is 11.6 Å². The van der Waals surface area contributed by atoms with Gasteiger partial charge in [-0.15, -0.1) is 0 Å². The fourth-order valence-corrected chi connectivity index (χ4v) is 0.850. The maximum atomic E-state index is 6.61. The van der Waals surface area contributed by atoms with E-state index in [0.717, 1.165) is 5.69 Å². The third kappa shape index (κ3) is 1.66. The van der Waals surface area contributed by atoms with Crippen molar-refractivity contribution in [3.8, 4) is 0 Å². The largest absolute Gasteiger partial charge is 0.310 e. The quantitative estimate of drug-likeness (QED) is 0.598. The first-order chi connectivity index (χ1) is 5.25. The predicted octanol–water partition coefficient (Wildman–Crippen LogP) is 1.86. The number of hydrogen-bond donors (Lipinski definition) is 0. The van der Waals surface area contributed by atoms with E-state index in [0.29, 0.717) is 10.7 Å². The smallest absolute Gasteiger partial charge is 0.257 e. The van der Waals surface area contributed by atoms with Crippen LogP contribution in [0.2, 0.25) is 5.02 Å². The van der Waals surface area contributed by atoms with Gasteiger partial charge in [0.1, 0.15) is 12.0 Å². The van der Waals surface area contributed by atoms with Crippen molar-refractivity contribution < 1.29 is 0 Å². The van der Waals surface area contributed by atoms with Crippen molar-refractivity contribution in [1.29, 1.82) is 0 Å². The van der Waals surface area contributed by atoms with Crippen LogP contribution in [0.4, 0.5) is 0 Å². The molecule has 0 spiro atoms. The van der Waals surface area contributed by atoms with Crippen molar-refractivity contribution in [2.45, 2.75) is 13.5 Å². The Morgan fingerprint density at radius 1 is 1.64 bits per heavy atom. The van der Waals surface area contributed by atoms with Crippen LogP contribution in [0.1, 0.15) is 11.4 Å². The molecule has 0 radical (unpaired) electrons. The second-order valence-electron chi connectivity index (χ2n) is 2.04. The first-order valence-electron chi connectivity index (χ1n) is 3.05. The molecule has 0 aliphatic heterocycles. The molecule has 4 heteroatoms. The van der Waals surface area contributed by atoms with Gasteiger partial charge in [-0.2, -0.15) is 0 Å². The Morgan fingerprint density at radius 3 is 3.00 bits per heavy atom. The van der Waals surface area contributed by atoms with Gasteiger partial charge in [-0.25, -0.2) is 16.5 Å². The van der Waals surface area contributed by atoms with Gasteiger partial charge in [0.2, 0.25) is 0 Å². The Kier molecular flexibility index (Phi) is 2.40. The lowest BCUT2D eigenvalue weighted by Crippen LogP contribution is -1.92. The Hall–Kier alpha value is -1.14. The Balaban J connectivity index is 3.08. The lowest BCUT2D eigenvalue weighted by atomic mass is 10.3. The molecule has 0 aliphatic carbocycles. The average Bonchev–Trinajstić information content (AvgIpc) is 1.99. The molecule has 0 N–H and O–H groups in total. The molecule has 0 aromatic carbocycles. The number of hydrogen-bond acceptors (Lipinski definition) is 2. The Labute approximate surface area is 69.9 Å². The zero-order valence-electron chi connectivity index (χ0n) is 6.00. The van der Waals surface area contributed by atoms with Crippen LogP contribution in [-0.4, -0.2) is 9.97 Å². The topological polar surface area (TPSA) is 30.1 Å². The van der Waals surface area contributed by atoms with E-state index in [4.69, 9.17) is 18.2 Å². The van der Waals surface area contributed by atoms with Crippen molar-refractivity contribution in [1.82, 2.24) is 9.97 Å². The molecule has 0 bridgehead atoms. The van der Waals surface area contributed by atoms with E-state index >= 15 is 0 Å². The molecule has 1 rings (SSSR count). The summed E-state index contributed by atoms with van der Waals surface area (Å²) in [6, 6.07) is 0. The first kappa shape index (κ1) is 7.96. The zero-order chi connectivity index (χ0) is 8.27. The zero-order valence-corrected chi connectivity index (χ0v) is 6.76. The van der Waals surface area contributed by atoms with Crippen LogP contribution in [0.15, 0.2) is 6.33 Å². The minimum Gasteiger partial charge on any atom is -0.310 e. The fourth-order valence-electron chi connectivity index (χ4n) is 0.692. The number of rotatable bonds is 1. The molecule has 3 nitrogen and oxygen atoms in total. The molecule has 0 aliphatic rings. The highest BCUT2D eigenvalue weighted by Crippen LogP contribution is 2.16. The van der Waals surface area contributed by atoms with Crippen LogP contribution in [-0.2, 0) is 6.54 Å². The van der Waals surface area contributed by atoms with Gasteiger partial charge in [0.05, 0.1) is 10.7 Å². The molecule has 1 heterocycles. The van der Waals surface area contributed by atoms with Gasteiger partial charge in [0, 0.05) is 0 Å². The predicted molar refractivity (Wildman–Crippen MR) is 42.1 cm³/mol. The van der Waals surface area contributed by atoms with E-state index in [1.54, 1.807) is 6.92 Å². The summed E-state index contributed by atoms with van der Waals surface area (Å²) in [5.74, 6) is 0. The number of aromatic nitrogens is 2. The summed E-state index contributed by atoms with van der Waals surface area (Å²) < 4.78 is 0. The summed E-state index contributed by atoms with van der Waals surface area (Å²) >= 11 is 5.80. The molecule has 11 heavy (non-hydrogen) atoms. The summed E-state index contributed by atoms with van der Waals surface area (Å²) in [6.45, 7) is 8.63. The minimum absolute atomic E-state index is 0.224. The molecule has 0 amide bonds. The molecule has 0 unspecified atom stereocenters. The molecule has 1 aromatic rings. The third-order valence-electron chi connectivity index (χ3n) is 1.26. The molecule has 0 fully saturated rings. The van der Waals surface area contributed by atoms with Gasteiger partial charge < -0.3 is 4.85 Å². The second-order valence-corrected chi connectivity index (χ2v) is 2.41. The molecular weight excluding hydrogens is 162 g/mol. The van der Waals surface area contributed by atoms with Crippen molar-refractivity contribution in [3.05, 3.63) is 34.2 Å². The van der Waals surface area contributed by atoms with Gasteiger partial charge in [0.15, 0.2) is 0 Å². The fraction of sp³-hybridized carbons (Fsp3) is 0.286. The van der Waals surface area contributed by atoms with E-state index in [2.05, 4.69) is 14.8 Å². The number of aryl methyl sites for hydroxylation is 1. The standard InChI is InChI=1S/C7H6ClN3/c1-5-7(8)6(3-9-2)11-4-10-5/h4H,3H2,1H3. The second kappa shape index (κ2) is 3.31. The van der Waals surface area contributed by atoms with Crippen LogP contribution < -0.4 is 0 Å². The van der Waals surface area contributed by atoms with Gasteiger partial charge in [0.25, 0.3) is 6.54 Å². The van der Waals surface area contributed by atoms with E-state index in [-0.39, 0.29) is 6.54 Å². The summed E-state index contributed by atoms with van der Waals surface area (Å²) in [7, 11) is 0. The van der Waals surface area contributed by atoms with Crippen LogP contribution in [0, 0.1) is 13.5 Å². The highest BCUT2D eigenvalue weighted by Gasteiger charge is 2.06. The van der Waals surface area contributed by atoms with Crippen LogP contribution in [0.3, 0.4) is 0 Å². The van der Waals surface area contributed by atoms with E-state index < -0.39 is 0 Å². The third-order valence-corrected chi connectivity index (χ3v) is 1.76. The molecule has 1 aromatic heterocycles. The summed E-state index contributed by atoms with van der Waals surface area (Å²) in [6.07, 6.45) is 1.42. The minimum atomic E-state index is 0.224. The summed E-state index contributed by atoms with van der Waals surface area (Å²) in [4.78, 5) is 10.9. The van der Waals surface area contributed by atoms with Gasteiger partial charge in [-0.05, 0) is 6.92 Å². The van der Waals surface area contributed by atoms with Crippen molar-refractivity contribution in [2.75, 3.05) is 0 Å². The highest BCUT2D eigenvalue weighted by molar-refractivity contribution is 6.31. The van der Waals surface area contributed by atoms with Crippen molar-refractivity contribution in [2.24, 2.45) is 0 Å². The molecule has 0 saturated carbocycles.